The van der Waals surface area contributed by atoms with E-state index in [-0.39, 0.29) is 10.8 Å². The largest absolute Gasteiger partial charge is 0.416 e. The highest BCUT2D eigenvalue weighted by Crippen LogP contribution is 2.32. The third-order valence-electron chi connectivity index (χ3n) is 4.79. The zero-order valence-electron chi connectivity index (χ0n) is 14.5. The van der Waals surface area contributed by atoms with Crippen LogP contribution in [0.3, 0.4) is 0 Å². The van der Waals surface area contributed by atoms with E-state index in [1.165, 1.54) is 11.4 Å². The van der Waals surface area contributed by atoms with Crippen molar-refractivity contribution < 1.29 is 21.6 Å². The van der Waals surface area contributed by atoms with E-state index in [0.717, 1.165) is 49.9 Å². The van der Waals surface area contributed by atoms with Gasteiger partial charge in [-0.15, -0.1) is 11.6 Å². The summed E-state index contributed by atoms with van der Waals surface area (Å²) in [5, 5.41) is 0. The second-order valence-corrected chi connectivity index (χ2v) is 9.02. The van der Waals surface area contributed by atoms with Crippen LogP contribution in [-0.2, 0) is 16.2 Å². The molecule has 0 N–H and O–H groups in total. The molecule has 0 spiro atoms. The quantitative estimate of drug-likeness (QED) is 0.493. The first-order chi connectivity index (χ1) is 12.1. The monoisotopic (exact) mass is 409 g/mol. The first kappa shape index (κ1) is 21.3. The highest BCUT2D eigenvalue weighted by molar-refractivity contribution is 7.89. The predicted octanol–water partition coefficient (Wildman–Crippen LogP) is 4.93. The van der Waals surface area contributed by atoms with Crippen LogP contribution in [0, 0.1) is 11.8 Å². The highest BCUT2D eigenvalue weighted by atomic mass is 35.5. The maximum Gasteiger partial charge on any atom is 0.416 e. The van der Waals surface area contributed by atoms with E-state index in [1.807, 2.05) is 6.08 Å². The molecular formula is C18H23ClF3NO2S. The molecule has 3 nitrogen and oxygen atoms in total. The second kappa shape index (κ2) is 8.76. The lowest BCUT2D eigenvalue weighted by atomic mass is 9.82. The number of halogens is 4. The van der Waals surface area contributed by atoms with Crippen LogP contribution < -0.4 is 0 Å². The van der Waals surface area contributed by atoms with Crippen LogP contribution in [0.2, 0.25) is 0 Å². The van der Waals surface area contributed by atoms with E-state index in [1.54, 1.807) is 0 Å². The molecule has 1 saturated carbocycles. The van der Waals surface area contributed by atoms with Gasteiger partial charge in [-0.05, 0) is 61.8 Å². The van der Waals surface area contributed by atoms with Crippen LogP contribution in [0.25, 0.3) is 0 Å². The summed E-state index contributed by atoms with van der Waals surface area (Å²) < 4.78 is 64.3. The van der Waals surface area contributed by atoms with Gasteiger partial charge < -0.3 is 0 Å². The maximum atomic E-state index is 12.6. The van der Waals surface area contributed by atoms with Gasteiger partial charge in [-0.3, -0.25) is 0 Å². The maximum absolute atomic E-state index is 12.6. The van der Waals surface area contributed by atoms with Crippen molar-refractivity contribution in [3.05, 3.63) is 42.0 Å². The molecule has 0 aromatic heterocycles. The molecule has 26 heavy (non-hydrogen) atoms. The van der Waals surface area contributed by atoms with Crippen molar-refractivity contribution in [2.75, 3.05) is 19.5 Å². The molecule has 2 rings (SSSR count). The molecule has 1 aromatic rings. The van der Waals surface area contributed by atoms with E-state index < -0.39 is 21.8 Å². The molecule has 0 heterocycles. The standard InChI is InChI=1S/C18H23ClF3NO2S/c1-23(13-15-6-4-14(5-7-15)3-2-12-19)26(24,25)17-10-8-16(9-11-17)18(20,21)22/h2-3,8-11,14-15H,4-7,12-13H2,1H3/b3-2+/t14-,15-. The molecule has 0 radical (unpaired) electrons. The number of alkyl halides is 4. The molecule has 1 fully saturated rings. The van der Waals surface area contributed by atoms with E-state index in [2.05, 4.69) is 6.08 Å². The van der Waals surface area contributed by atoms with Gasteiger partial charge in [-0.1, -0.05) is 12.2 Å². The van der Waals surface area contributed by atoms with Crippen molar-refractivity contribution in [2.24, 2.45) is 11.8 Å². The minimum atomic E-state index is -4.48. The zero-order valence-corrected chi connectivity index (χ0v) is 16.1. The third kappa shape index (κ3) is 5.47. The topological polar surface area (TPSA) is 37.4 Å². The van der Waals surface area contributed by atoms with E-state index in [0.29, 0.717) is 18.3 Å². The van der Waals surface area contributed by atoms with Crippen LogP contribution in [0.5, 0.6) is 0 Å². The SMILES string of the molecule is CN(C[C@H]1CC[C@H](/C=C/CCl)CC1)S(=O)(=O)c1ccc(C(F)(F)F)cc1. The van der Waals surface area contributed by atoms with Crippen molar-refractivity contribution in [1.29, 1.82) is 0 Å². The van der Waals surface area contributed by atoms with Gasteiger partial charge in [0, 0.05) is 19.5 Å². The van der Waals surface area contributed by atoms with Crippen LogP contribution in [0.4, 0.5) is 13.2 Å². The van der Waals surface area contributed by atoms with Gasteiger partial charge in [0.05, 0.1) is 10.5 Å². The summed E-state index contributed by atoms with van der Waals surface area (Å²) in [4.78, 5) is -0.119. The van der Waals surface area contributed by atoms with Gasteiger partial charge in [0.2, 0.25) is 10.0 Å². The lowest BCUT2D eigenvalue weighted by molar-refractivity contribution is -0.137. The van der Waals surface area contributed by atoms with Crippen molar-refractivity contribution in [3.63, 3.8) is 0 Å². The minimum Gasteiger partial charge on any atom is -0.207 e. The Hall–Kier alpha value is -1.05. The Morgan fingerprint density at radius 3 is 2.23 bits per heavy atom. The molecule has 1 aromatic carbocycles. The third-order valence-corrected chi connectivity index (χ3v) is 6.81. The second-order valence-electron chi connectivity index (χ2n) is 6.67. The number of allylic oxidation sites excluding steroid dienone is 2. The average Bonchev–Trinajstić information content (AvgIpc) is 2.60. The lowest BCUT2D eigenvalue weighted by Gasteiger charge is -2.29. The summed E-state index contributed by atoms with van der Waals surface area (Å²) in [5.74, 6) is 1.24. The van der Waals surface area contributed by atoms with Gasteiger partial charge in [0.15, 0.2) is 0 Å². The smallest absolute Gasteiger partial charge is 0.207 e. The lowest BCUT2D eigenvalue weighted by Crippen LogP contribution is -2.33. The number of rotatable bonds is 6. The van der Waals surface area contributed by atoms with Crippen molar-refractivity contribution in [2.45, 2.75) is 36.8 Å². The van der Waals surface area contributed by atoms with E-state index in [9.17, 15) is 21.6 Å². The zero-order chi connectivity index (χ0) is 19.4. The number of hydrogen-bond acceptors (Lipinski definition) is 2. The Labute approximate surface area is 157 Å². The molecule has 1 aliphatic rings. The number of nitrogens with zero attached hydrogens (tertiary/aromatic N) is 1. The van der Waals surface area contributed by atoms with Crippen molar-refractivity contribution >= 4 is 21.6 Å². The Morgan fingerprint density at radius 1 is 1.15 bits per heavy atom. The van der Waals surface area contributed by atoms with E-state index >= 15 is 0 Å². The van der Waals surface area contributed by atoms with Gasteiger partial charge in [0.1, 0.15) is 0 Å². The summed E-state index contributed by atoms with van der Waals surface area (Å²) in [6.45, 7) is 0.370. The first-order valence-corrected chi connectivity index (χ1v) is 10.5. The number of benzene rings is 1. The van der Waals surface area contributed by atoms with Crippen LogP contribution >= 0.6 is 11.6 Å². The molecule has 1 aliphatic carbocycles. The van der Waals surface area contributed by atoms with Crippen molar-refractivity contribution in [1.82, 2.24) is 4.31 Å². The summed E-state index contributed by atoms with van der Waals surface area (Å²) >= 11 is 5.64. The summed E-state index contributed by atoms with van der Waals surface area (Å²) in [6.07, 6.45) is 3.40. The normalized spacial score (nSPS) is 22.2. The molecular weight excluding hydrogens is 387 g/mol. The Kier molecular flexibility index (Phi) is 7.16. The summed E-state index contributed by atoms with van der Waals surface area (Å²) in [7, 11) is -2.32. The molecule has 8 heteroatoms. The Morgan fingerprint density at radius 2 is 1.73 bits per heavy atom. The van der Waals surface area contributed by atoms with Crippen molar-refractivity contribution in [3.8, 4) is 0 Å². The molecule has 0 saturated heterocycles. The molecule has 0 atom stereocenters. The molecule has 0 aliphatic heterocycles. The molecule has 0 amide bonds. The first-order valence-electron chi connectivity index (χ1n) is 8.51. The van der Waals surface area contributed by atoms with Gasteiger partial charge in [-0.25, -0.2) is 12.7 Å². The van der Waals surface area contributed by atoms with Crippen LogP contribution in [0.15, 0.2) is 41.3 Å². The highest BCUT2D eigenvalue weighted by Gasteiger charge is 2.31. The summed E-state index contributed by atoms with van der Waals surface area (Å²) in [6, 6.07) is 3.63. The minimum absolute atomic E-state index is 0.119. The fourth-order valence-corrected chi connectivity index (χ4v) is 4.61. The average molecular weight is 410 g/mol. The predicted molar refractivity (Wildman–Crippen MR) is 96.6 cm³/mol. The van der Waals surface area contributed by atoms with Gasteiger partial charge >= 0.3 is 6.18 Å². The van der Waals surface area contributed by atoms with Crippen LogP contribution in [-0.4, -0.2) is 32.2 Å². The number of hydrogen-bond donors (Lipinski definition) is 0. The number of sulfonamides is 1. The van der Waals surface area contributed by atoms with Crippen LogP contribution in [0.1, 0.15) is 31.2 Å². The summed E-state index contributed by atoms with van der Waals surface area (Å²) in [5.41, 5.74) is -0.859. The molecule has 0 unspecified atom stereocenters. The molecule has 146 valence electrons. The molecule has 0 bridgehead atoms. The fourth-order valence-electron chi connectivity index (χ4n) is 3.26. The fraction of sp³-hybridized carbons (Fsp3) is 0.556. The Bertz CT molecular complexity index is 709. The van der Waals surface area contributed by atoms with Gasteiger partial charge in [-0.2, -0.15) is 13.2 Å². The Balaban J connectivity index is 1.98. The van der Waals surface area contributed by atoms with E-state index in [4.69, 9.17) is 11.6 Å². The van der Waals surface area contributed by atoms with Gasteiger partial charge in [0.25, 0.3) is 0 Å².